The molecule has 0 aromatic carbocycles. The van der Waals surface area contributed by atoms with Crippen molar-refractivity contribution in [2.45, 2.75) is 32.4 Å². The lowest BCUT2D eigenvalue weighted by Crippen LogP contribution is -2.09. The van der Waals surface area contributed by atoms with Gasteiger partial charge < -0.3 is 14.6 Å². The van der Waals surface area contributed by atoms with E-state index in [4.69, 9.17) is 14.2 Å². The van der Waals surface area contributed by atoms with E-state index in [-0.39, 0.29) is 6.10 Å². The summed E-state index contributed by atoms with van der Waals surface area (Å²) in [6, 6.07) is 5.80. The monoisotopic (exact) mass is 337 g/mol. The fourth-order valence-electron chi connectivity index (χ4n) is 2.88. The molecule has 0 radical (unpaired) electrons. The van der Waals surface area contributed by atoms with Crippen LogP contribution in [-0.2, 0) is 11.3 Å². The lowest BCUT2D eigenvalue weighted by Gasteiger charge is -2.14. The highest BCUT2D eigenvalue weighted by atomic mass is 16.5. The molecule has 0 aliphatic carbocycles. The Morgan fingerprint density at radius 3 is 3.00 bits per heavy atom. The van der Waals surface area contributed by atoms with E-state index < -0.39 is 0 Å². The van der Waals surface area contributed by atoms with E-state index in [2.05, 4.69) is 20.4 Å². The second kappa shape index (κ2) is 6.98. The molecule has 25 heavy (non-hydrogen) atoms. The molecule has 4 heterocycles. The topological polar surface area (TPSA) is 86.0 Å². The smallest absolute Gasteiger partial charge is 0.223 e. The van der Waals surface area contributed by atoms with Gasteiger partial charge in [-0.1, -0.05) is 11.2 Å². The second-order valence-electron chi connectivity index (χ2n) is 6.04. The Hall–Kier alpha value is -2.80. The SMILES string of the molecule is Cc1cc(-c2cnc(NCc3cccnc3)nc2[C@H]2CCCO2)on1. The van der Waals surface area contributed by atoms with Gasteiger partial charge in [-0.2, -0.15) is 0 Å². The lowest BCUT2D eigenvalue weighted by atomic mass is 10.1. The molecule has 0 saturated carbocycles. The number of aryl methyl sites for hydroxylation is 1. The van der Waals surface area contributed by atoms with Crippen molar-refractivity contribution in [3.05, 3.63) is 53.7 Å². The Labute approximate surface area is 145 Å². The molecule has 7 heteroatoms. The fourth-order valence-corrected chi connectivity index (χ4v) is 2.88. The van der Waals surface area contributed by atoms with E-state index in [1.807, 2.05) is 31.3 Å². The van der Waals surface area contributed by atoms with Crippen molar-refractivity contribution in [3.63, 3.8) is 0 Å². The standard InChI is InChI=1S/C18H19N5O2/c1-12-8-16(25-23-12)14-11-21-18(20-10-13-4-2-6-19-9-13)22-17(14)15-5-3-7-24-15/h2,4,6,8-9,11,15H,3,5,7,10H2,1H3,(H,20,21,22)/t15-/m1/s1. The number of pyridine rings is 1. The van der Waals surface area contributed by atoms with Crippen molar-refractivity contribution in [1.29, 1.82) is 0 Å². The first kappa shape index (κ1) is 15.7. The average molecular weight is 337 g/mol. The van der Waals surface area contributed by atoms with Gasteiger partial charge in [-0.05, 0) is 31.4 Å². The summed E-state index contributed by atoms with van der Waals surface area (Å²) in [4.78, 5) is 13.2. The second-order valence-corrected chi connectivity index (χ2v) is 6.04. The minimum Gasteiger partial charge on any atom is -0.372 e. The molecule has 0 unspecified atom stereocenters. The van der Waals surface area contributed by atoms with Crippen molar-refractivity contribution in [2.24, 2.45) is 0 Å². The number of rotatable bonds is 5. The third kappa shape index (κ3) is 3.51. The zero-order chi connectivity index (χ0) is 17.1. The minimum absolute atomic E-state index is 0.0395. The Morgan fingerprint density at radius 1 is 1.32 bits per heavy atom. The number of hydrogen-bond acceptors (Lipinski definition) is 7. The van der Waals surface area contributed by atoms with Crippen LogP contribution in [0.4, 0.5) is 5.95 Å². The molecule has 4 rings (SSSR count). The molecule has 3 aromatic heterocycles. The third-order valence-corrected chi connectivity index (χ3v) is 4.12. The van der Waals surface area contributed by atoms with Crippen LogP contribution < -0.4 is 5.32 Å². The summed E-state index contributed by atoms with van der Waals surface area (Å²) in [6.07, 6.45) is 7.28. The molecule has 7 nitrogen and oxygen atoms in total. The zero-order valence-electron chi connectivity index (χ0n) is 14.0. The van der Waals surface area contributed by atoms with Crippen molar-refractivity contribution in [1.82, 2.24) is 20.1 Å². The first-order valence-electron chi connectivity index (χ1n) is 8.34. The predicted molar refractivity (Wildman–Crippen MR) is 91.8 cm³/mol. The molecule has 1 fully saturated rings. The summed E-state index contributed by atoms with van der Waals surface area (Å²) in [6.45, 7) is 3.25. The predicted octanol–water partition coefficient (Wildman–Crippen LogP) is 3.30. The molecule has 1 N–H and O–H groups in total. The molecular formula is C18H19N5O2. The van der Waals surface area contributed by atoms with Gasteiger partial charge in [0, 0.05) is 37.8 Å². The van der Waals surface area contributed by atoms with Crippen LogP contribution >= 0.6 is 0 Å². The number of aromatic nitrogens is 4. The summed E-state index contributed by atoms with van der Waals surface area (Å²) < 4.78 is 11.2. The number of nitrogens with one attached hydrogen (secondary N) is 1. The Bertz CT molecular complexity index is 844. The van der Waals surface area contributed by atoms with Crippen LogP contribution in [0.5, 0.6) is 0 Å². The first-order chi connectivity index (χ1) is 12.3. The Kier molecular flexibility index (Phi) is 4.39. The Morgan fingerprint density at radius 2 is 2.28 bits per heavy atom. The van der Waals surface area contributed by atoms with Gasteiger partial charge in [-0.15, -0.1) is 0 Å². The molecule has 1 aliphatic rings. The molecule has 1 aliphatic heterocycles. The van der Waals surface area contributed by atoms with Crippen molar-refractivity contribution >= 4 is 5.95 Å². The van der Waals surface area contributed by atoms with Gasteiger partial charge in [0.25, 0.3) is 0 Å². The molecule has 1 saturated heterocycles. The summed E-state index contributed by atoms with van der Waals surface area (Å²) in [5.74, 6) is 1.23. The Balaban J connectivity index is 1.62. The van der Waals surface area contributed by atoms with Gasteiger partial charge in [0.05, 0.1) is 17.0 Å². The summed E-state index contributed by atoms with van der Waals surface area (Å²) in [5.41, 5.74) is 3.57. The van der Waals surface area contributed by atoms with Crippen molar-refractivity contribution < 1.29 is 9.26 Å². The van der Waals surface area contributed by atoms with Crippen LogP contribution in [0.15, 0.2) is 41.3 Å². The molecule has 128 valence electrons. The number of nitrogens with zero attached hydrogens (tertiary/aromatic N) is 4. The van der Waals surface area contributed by atoms with Gasteiger partial charge >= 0.3 is 0 Å². The van der Waals surface area contributed by atoms with Gasteiger partial charge in [-0.3, -0.25) is 4.98 Å². The maximum atomic E-state index is 5.84. The summed E-state index contributed by atoms with van der Waals surface area (Å²) in [7, 11) is 0. The van der Waals surface area contributed by atoms with E-state index in [0.29, 0.717) is 18.3 Å². The highest BCUT2D eigenvalue weighted by Gasteiger charge is 2.25. The maximum absolute atomic E-state index is 5.84. The largest absolute Gasteiger partial charge is 0.372 e. The quantitative estimate of drug-likeness (QED) is 0.764. The fraction of sp³-hybridized carbons (Fsp3) is 0.333. The third-order valence-electron chi connectivity index (χ3n) is 4.12. The zero-order valence-corrected chi connectivity index (χ0v) is 14.0. The van der Waals surface area contributed by atoms with Crippen LogP contribution in [0.3, 0.4) is 0 Å². The normalized spacial score (nSPS) is 16.9. The number of hydrogen-bond donors (Lipinski definition) is 1. The van der Waals surface area contributed by atoms with Gasteiger partial charge in [0.1, 0.15) is 6.10 Å². The summed E-state index contributed by atoms with van der Waals surface area (Å²) in [5, 5.41) is 7.21. The van der Waals surface area contributed by atoms with E-state index in [1.54, 1.807) is 12.4 Å². The molecule has 0 amide bonds. The molecule has 0 bridgehead atoms. The minimum atomic E-state index is -0.0395. The van der Waals surface area contributed by atoms with Crippen molar-refractivity contribution in [3.8, 4) is 11.3 Å². The molecular weight excluding hydrogens is 318 g/mol. The lowest BCUT2D eigenvalue weighted by molar-refractivity contribution is 0.109. The molecule has 1 atom stereocenters. The van der Waals surface area contributed by atoms with Gasteiger partial charge in [0.2, 0.25) is 5.95 Å². The van der Waals surface area contributed by atoms with Gasteiger partial charge in [-0.25, -0.2) is 9.97 Å². The van der Waals surface area contributed by atoms with Crippen LogP contribution in [0.25, 0.3) is 11.3 Å². The van der Waals surface area contributed by atoms with Crippen molar-refractivity contribution in [2.75, 3.05) is 11.9 Å². The van der Waals surface area contributed by atoms with Crippen LogP contribution in [0.2, 0.25) is 0 Å². The average Bonchev–Trinajstić information content (AvgIpc) is 3.32. The first-order valence-corrected chi connectivity index (χ1v) is 8.34. The molecule has 0 spiro atoms. The maximum Gasteiger partial charge on any atom is 0.223 e. The van der Waals surface area contributed by atoms with E-state index in [0.717, 1.165) is 42.0 Å². The van der Waals surface area contributed by atoms with E-state index in [1.165, 1.54) is 0 Å². The van der Waals surface area contributed by atoms with Gasteiger partial charge in [0.15, 0.2) is 5.76 Å². The number of anilines is 1. The summed E-state index contributed by atoms with van der Waals surface area (Å²) >= 11 is 0. The van der Waals surface area contributed by atoms with E-state index >= 15 is 0 Å². The van der Waals surface area contributed by atoms with Crippen LogP contribution in [0.1, 0.15) is 35.9 Å². The molecule has 3 aromatic rings. The van der Waals surface area contributed by atoms with E-state index in [9.17, 15) is 0 Å². The van der Waals surface area contributed by atoms with Crippen LogP contribution in [-0.4, -0.2) is 26.7 Å². The van der Waals surface area contributed by atoms with Crippen LogP contribution in [0, 0.1) is 6.92 Å². The highest BCUT2D eigenvalue weighted by Crippen LogP contribution is 2.34. The number of ether oxygens (including phenoxy) is 1. The highest BCUT2D eigenvalue weighted by molar-refractivity contribution is 5.61.